The maximum atomic E-state index is 9.96. The van der Waals surface area contributed by atoms with E-state index in [0.717, 1.165) is 11.1 Å². The average molecular weight is 302 g/mol. The van der Waals surface area contributed by atoms with Gasteiger partial charge in [-0.05, 0) is 29.8 Å². The van der Waals surface area contributed by atoms with Crippen LogP contribution in [0.3, 0.4) is 0 Å². The van der Waals surface area contributed by atoms with Crippen molar-refractivity contribution in [2.75, 3.05) is 14.2 Å². The third-order valence-electron chi connectivity index (χ3n) is 3.94. The van der Waals surface area contributed by atoms with Crippen LogP contribution in [-0.2, 0) is 11.2 Å². The van der Waals surface area contributed by atoms with Crippen LogP contribution < -0.4 is 9.47 Å². The number of hydrogen-bond donors (Lipinski definition) is 2. The van der Waals surface area contributed by atoms with Crippen molar-refractivity contribution in [3.63, 3.8) is 0 Å². The third kappa shape index (κ3) is 2.44. The summed E-state index contributed by atoms with van der Waals surface area (Å²) in [4.78, 5) is 0. The van der Waals surface area contributed by atoms with Gasteiger partial charge in [0.1, 0.15) is 17.6 Å². The number of phenols is 2. The highest BCUT2D eigenvalue weighted by Crippen LogP contribution is 2.41. The molecular weight excluding hydrogens is 284 g/mol. The maximum Gasteiger partial charge on any atom is 0.160 e. The van der Waals surface area contributed by atoms with E-state index in [1.165, 1.54) is 7.11 Å². The first-order chi connectivity index (χ1) is 10.6. The second-order valence-electron chi connectivity index (χ2n) is 5.20. The van der Waals surface area contributed by atoms with E-state index < -0.39 is 0 Å². The lowest BCUT2D eigenvalue weighted by molar-refractivity contribution is -0.0121. The molecule has 5 heteroatoms. The first-order valence-corrected chi connectivity index (χ1v) is 7.01. The molecule has 1 aliphatic rings. The minimum Gasteiger partial charge on any atom is -0.508 e. The van der Waals surface area contributed by atoms with Gasteiger partial charge in [0.05, 0.1) is 7.11 Å². The summed E-state index contributed by atoms with van der Waals surface area (Å²) >= 11 is 0. The molecule has 5 nitrogen and oxygen atoms in total. The predicted molar refractivity (Wildman–Crippen MR) is 80.6 cm³/mol. The molecule has 0 spiro atoms. The highest BCUT2D eigenvalue weighted by molar-refractivity contribution is 5.48. The maximum absolute atomic E-state index is 9.96. The molecule has 0 unspecified atom stereocenters. The monoisotopic (exact) mass is 302 g/mol. The molecule has 2 N–H and O–H groups in total. The quantitative estimate of drug-likeness (QED) is 0.912. The Morgan fingerprint density at radius 3 is 2.59 bits per heavy atom. The molecule has 0 aliphatic carbocycles. The molecule has 2 aromatic rings. The van der Waals surface area contributed by atoms with Crippen LogP contribution in [-0.4, -0.2) is 30.5 Å². The fraction of sp³-hybridized carbons (Fsp3) is 0.294. The van der Waals surface area contributed by atoms with Crippen LogP contribution in [0.25, 0.3) is 0 Å². The van der Waals surface area contributed by atoms with Crippen molar-refractivity contribution in [3.8, 4) is 23.0 Å². The van der Waals surface area contributed by atoms with Crippen LogP contribution in [0.2, 0.25) is 0 Å². The van der Waals surface area contributed by atoms with E-state index in [1.54, 1.807) is 31.4 Å². The fourth-order valence-electron chi connectivity index (χ4n) is 2.76. The van der Waals surface area contributed by atoms with Gasteiger partial charge in [-0.2, -0.15) is 0 Å². The lowest BCUT2D eigenvalue weighted by Crippen LogP contribution is -2.32. The van der Waals surface area contributed by atoms with Gasteiger partial charge in [-0.25, -0.2) is 0 Å². The Hall–Kier alpha value is -2.40. The van der Waals surface area contributed by atoms with Gasteiger partial charge in [0.25, 0.3) is 0 Å². The summed E-state index contributed by atoms with van der Waals surface area (Å²) in [6, 6.07) is 10.3. The SMILES string of the molecule is COc1ccc([C@@H]2Oc3cccc(O)c3C[C@H]2OC)cc1O. The molecule has 1 heterocycles. The van der Waals surface area contributed by atoms with E-state index in [9.17, 15) is 10.2 Å². The van der Waals surface area contributed by atoms with E-state index >= 15 is 0 Å². The van der Waals surface area contributed by atoms with Gasteiger partial charge < -0.3 is 24.4 Å². The Labute approximate surface area is 128 Å². The first-order valence-electron chi connectivity index (χ1n) is 7.01. The van der Waals surface area contributed by atoms with Crippen molar-refractivity contribution >= 4 is 0 Å². The number of benzene rings is 2. The van der Waals surface area contributed by atoms with Crippen LogP contribution >= 0.6 is 0 Å². The van der Waals surface area contributed by atoms with Gasteiger partial charge in [0.15, 0.2) is 17.6 Å². The molecule has 22 heavy (non-hydrogen) atoms. The van der Waals surface area contributed by atoms with Crippen molar-refractivity contribution < 1.29 is 24.4 Å². The minimum atomic E-state index is -0.365. The Bertz CT molecular complexity index is 683. The largest absolute Gasteiger partial charge is 0.508 e. The molecule has 3 rings (SSSR count). The highest BCUT2D eigenvalue weighted by Gasteiger charge is 2.33. The number of ether oxygens (including phenoxy) is 3. The summed E-state index contributed by atoms with van der Waals surface area (Å²) < 4.78 is 16.6. The van der Waals surface area contributed by atoms with E-state index in [4.69, 9.17) is 14.2 Å². The van der Waals surface area contributed by atoms with Gasteiger partial charge in [-0.3, -0.25) is 0 Å². The minimum absolute atomic E-state index is 0.0557. The second kappa shape index (κ2) is 5.77. The molecule has 1 aliphatic heterocycles. The molecule has 116 valence electrons. The fourth-order valence-corrected chi connectivity index (χ4v) is 2.76. The normalized spacial score (nSPS) is 20.1. The zero-order valence-corrected chi connectivity index (χ0v) is 12.4. The van der Waals surface area contributed by atoms with Crippen molar-refractivity contribution in [1.82, 2.24) is 0 Å². The lowest BCUT2D eigenvalue weighted by Gasteiger charge is -2.33. The summed E-state index contributed by atoms with van der Waals surface area (Å²) in [5.74, 6) is 1.30. The van der Waals surface area contributed by atoms with Gasteiger partial charge >= 0.3 is 0 Å². The smallest absolute Gasteiger partial charge is 0.160 e. The molecule has 2 atom stereocenters. The van der Waals surface area contributed by atoms with E-state index in [1.807, 2.05) is 12.1 Å². The first kappa shape index (κ1) is 14.5. The second-order valence-corrected chi connectivity index (χ2v) is 5.20. The zero-order valence-electron chi connectivity index (χ0n) is 12.4. The predicted octanol–water partition coefficient (Wildman–Crippen LogP) is 2.80. The van der Waals surface area contributed by atoms with Gasteiger partial charge in [0, 0.05) is 19.1 Å². The van der Waals surface area contributed by atoms with Crippen LogP contribution in [0.1, 0.15) is 17.2 Å². The lowest BCUT2D eigenvalue weighted by atomic mass is 9.94. The number of fused-ring (bicyclic) bond motifs is 1. The van der Waals surface area contributed by atoms with E-state index in [-0.39, 0.29) is 23.7 Å². The van der Waals surface area contributed by atoms with Gasteiger partial charge in [-0.1, -0.05) is 12.1 Å². The van der Waals surface area contributed by atoms with Gasteiger partial charge in [0.2, 0.25) is 0 Å². The molecule has 0 fully saturated rings. The number of rotatable bonds is 3. The van der Waals surface area contributed by atoms with E-state index in [2.05, 4.69) is 0 Å². The van der Waals surface area contributed by atoms with Crippen LogP contribution in [0, 0.1) is 0 Å². The zero-order chi connectivity index (χ0) is 15.7. The molecule has 0 aromatic heterocycles. The molecule has 0 saturated carbocycles. The van der Waals surface area contributed by atoms with Crippen molar-refractivity contribution in [1.29, 1.82) is 0 Å². The van der Waals surface area contributed by atoms with Gasteiger partial charge in [-0.15, -0.1) is 0 Å². The van der Waals surface area contributed by atoms with Crippen molar-refractivity contribution in [3.05, 3.63) is 47.5 Å². The Kier molecular flexibility index (Phi) is 3.81. The van der Waals surface area contributed by atoms with Crippen LogP contribution in [0.5, 0.6) is 23.0 Å². The third-order valence-corrected chi connectivity index (χ3v) is 3.94. The highest BCUT2D eigenvalue weighted by atomic mass is 16.5. The van der Waals surface area contributed by atoms with Crippen molar-refractivity contribution in [2.24, 2.45) is 0 Å². The number of hydrogen-bond acceptors (Lipinski definition) is 5. The summed E-state index contributed by atoms with van der Waals surface area (Å²) in [6.07, 6.45) is -0.0830. The summed E-state index contributed by atoms with van der Waals surface area (Å²) in [5, 5.41) is 19.9. The average Bonchev–Trinajstić information content (AvgIpc) is 2.54. The standard InChI is InChI=1S/C17H18O5/c1-20-15-7-6-10(8-13(15)19)17-16(21-2)9-11-12(18)4-3-5-14(11)22-17/h3-8,16-19H,9H2,1-2H3/t16-,17+/m1/s1. The van der Waals surface area contributed by atoms with E-state index in [0.29, 0.717) is 17.9 Å². The Morgan fingerprint density at radius 2 is 1.91 bits per heavy atom. The van der Waals surface area contributed by atoms with Crippen LogP contribution in [0.4, 0.5) is 0 Å². The van der Waals surface area contributed by atoms with Crippen molar-refractivity contribution in [2.45, 2.75) is 18.6 Å². The van der Waals surface area contributed by atoms with Crippen LogP contribution in [0.15, 0.2) is 36.4 Å². The summed E-state index contributed by atoms with van der Waals surface area (Å²) in [6.45, 7) is 0. The number of methoxy groups -OCH3 is 2. The molecular formula is C17H18O5. The Balaban J connectivity index is 1.98. The molecule has 0 amide bonds. The molecule has 2 aromatic carbocycles. The summed E-state index contributed by atoms with van der Waals surface area (Å²) in [5.41, 5.74) is 1.53. The molecule has 0 bridgehead atoms. The Morgan fingerprint density at radius 1 is 1.09 bits per heavy atom. The molecule has 0 radical (unpaired) electrons. The number of aromatic hydroxyl groups is 2. The number of phenolic OH excluding ortho intramolecular Hbond substituents is 2. The topological polar surface area (TPSA) is 68.2 Å². The summed E-state index contributed by atoms with van der Waals surface area (Å²) in [7, 11) is 3.11. The molecule has 0 saturated heterocycles.